The van der Waals surface area contributed by atoms with Gasteiger partial charge in [-0.25, -0.2) is 5.43 Å². The summed E-state index contributed by atoms with van der Waals surface area (Å²) in [6, 6.07) is 10.7. The first kappa shape index (κ1) is 17.8. The Morgan fingerprint density at radius 3 is 2.46 bits per heavy atom. The van der Waals surface area contributed by atoms with Crippen molar-refractivity contribution in [3.05, 3.63) is 63.6 Å². The molecule has 0 aliphatic rings. The number of rotatable bonds is 5. The van der Waals surface area contributed by atoms with Crippen molar-refractivity contribution in [3.63, 3.8) is 0 Å². The molecule has 0 heterocycles. The molecule has 0 fully saturated rings. The van der Waals surface area contributed by atoms with Gasteiger partial charge in [0.25, 0.3) is 11.8 Å². The van der Waals surface area contributed by atoms with Crippen LogP contribution in [0.4, 0.5) is 0 Å². The number of hydrogen-bond donors (Lipinski definition) is 3. The highest BCUT2D eigenvalue weighted by molar-refractivity contribution is 6.31. The first-order valence-corrected chi connectivity index (χ1v) is 7.55. The zero-order chi connectivity index (χ0) is 17.5. The number of carbonyl (C=O) groups excluding carboxylic acids is 2. The van der Waals surface area contributed by atoms with E-state index in [4.69, 9.17) is 23.2 Å². The molecule has 0 atom stereocenters. The van der Waals surface area contributed by atoms with Crippen LogP contribution in [0, 0.1) is 0 Å². The van der Waals surface area contributed by atoms with Crippen molar-refractivity contribution in [1.29, 1.82) is 0 Å². The van der Waals surface area contributed by atoms with Crippen LogP contribution in [0.25, 0.3) is 0 Å². The maximum absolute atomic E-state index is 11.8. The Bertz CT molecular complexity index is 777. The number of aromatic hydroxyl groups is 1. The lowest BCUT2D eigenvalue weighted by Gasteiger charge is -2.04. The predicted molar refractivity (Wildman–Crippen MR) is 92.6 cm³/mol. The fourth-order valence-electron chi connectivity index (χ4n) is 1.71. The zero-order valence-electron chi connectivity index (χ0n) is 12.3. The standard InChI is InChI=1S/C16H13Cl2N3O3/c17-12-3-1-10(2-4-12)16(24)19-9-15(23)21-20-8-11-7-13(18)5-6-14(11)22/h1-8,22H,9H2,(H,19,24)(H,21,23)/b20-8-. The molecule has 2 amide bonds. The van der Waals surface area contributed by atoms with Crippen molar-refractivity contribution in [3.8, 4) is 5.75 Å². The first-order valence-electron chi connectivity index (χ1n) is 6.80. The second-order valence-electron chi connectivity index (χ2n) is 4.69. The van der Waals surface area contributed by atoms with E-state index in [1.807, 2.05) is 0 Å². The molecule has 0 spiro atoms. The van der Waals surface area contributed by atoms with Crippen molar-refractivity contribution in [2.45, 2.75) is 0 Å². The van der Waals surface area contributed by atoms with Crippen molar-refractivity contribution in [2.24, 2.45) is 5.10 Å². The fourth-order valence-corrected chi connectivity index (χ4v) is 2.01. The summed E-state index contributed by atoms with van der Waals surface area (Å²) in [7, 11) is 0. The highest BCUT2D eigenvalue weighted by atomic mass is 35.5. The van der Waals surface area contributed by atoms with E-state index in [0.29, 0.717) is 21.2 Å². The molecule has 8 heteroatoms. The topological polar surface area (TPSA) is 90.8 Å². The van der Waals surface area contributed by atoms with E-state index in [-0.39, 0.29) is 12.3 Å². The van der Waals surface area contributed by atoms with E-state index in [9.17, 15) is 14.7 Å². The Morgan fingerprint density at radius 2 is 1.75 bits per heavy atom. The molecule has 0 aliphatic heterocycles. The molecule has 124 valence electrons. The van der Waals surface area contributed by atoms with Gasteiger partial charge in [0.1, 0.15) is 5.75 Å². The van der Waals surface area contributed by atoms with Crippen LogP contribution in [0.1, 0.15) is 15.9 Å². The second kappa shape index (κ2) is 8.33. The third-order valence-electron chi connectivity index (χ3n) is 2.90. The molecule has 0 aromatic heterocycles. The maximum atomic E-state index is 11.8. The van der Waals surface area contributed by atoms with Gasteiger partial charge in [-0.2, -0.15) is 5.10 Å². The monoisotopic (exact) mass is 365 g/mol. The fraction of sp³-hybridized carbons (Fsp3) is 0.0625. The summed E-state index contributed by atoms with van der Waals surface area (Å²) in [5.41, 5.74) is 2.98. The van der Waals surface area contributed by atoms with Gasteiger partial charge in [-0.15, -0.1) is 0 Å². The molecule has 6 nitrogen and oxygen atoms in total. The van der Waals surface area contributed by atoms with E-state index < -0.39 is 11.8 Å². The minimum absolute atomic E-state index is 0.0200. The lowest BCUT2D eigenvalue weighted by Crippen LogP contribution is -2.34. The Morgan fingerprint density at radius 1 is 1.08 bits per heavy atom. The molecule has 0 saturated heterocycles. The lowest BCUT2D eigenvalue weighted by molar-refractivity contribution is -0.120. The Labute approximate surface area is 148 Å². The SMILES string of the molecule is O=C(CNC(=O)c1ccc(Cl)cc1)N/N=C\c1cc(Cl)ccc1O. The highest BCUT2D eigenvalue weighted by Crippen LogP contribution is 2.19. The number of nitrogens with zero attached hydrogens (tertiary/aromatic N) is 1. The molecule has 24 heavy (non-hydrogen) atoms. The Hall–Kier alpha value is -2.57. The zero-order valence-corrected chi connectivity index (χ0v) is 13.8. The third kappa shape index (κ3) is 5.26. The quantitative estimate of drug-likeness (QED) is 0.561. The van der Waals surface area contributed by atoms with Crippen LogP contribution < -0.4 is 10.7 Å². The molecular weight excluding hydrogens is 353 g/mol. The van der Waals surface area contributed by atoms with Crippen LogP contribution in [0.3, 0.4) is 0 Å². The maximum Gasteiger partial charge on any atom is 0.259 e. The van der Waals surface area contributed by atoms with Crippen molar-refractivity contribution in [2.75, 3.05) is 6.54 Å². The molecule has 0 aliphatic carbocycles. The van der Waals surface area contributed by atoms with Gasteiger partial charge in [-0.3, -0.25) is 9.59 Å². The molecule has 0 radical (unpaired) electrons. The number of amides is 2. The molecule has 2 aromatic carbocycles. The predicted octanol–water partition coefficient (Wildman–Crippen LogP) is 2.58. The summed E-state index contributed by atoms with van der Waals surface area (Å²) >= 11 is 11.5. The van der Waals surface area contributed by atoms with Gasteiger partial charge in [-0.1, -0.05) is 23.2 Å². The van der Waals surface area contributed by atoms with Gasteiger partial charge in [0, 0.05) is 21.2 Å². The number of nitrogens with one attached hydrogen (secondary N) is 2. The van der Waals surface area contributed by atoms with Crippen LogP contribution >= 0.6 is 23.2 Å². The van der Waals surface area contributed by atoms with Crippen LogP contribution in [0.15, 0.2) is 47.6 Å². The van der Waals surface area contributed by atoms with Crippen LogP contribution in [0.2, 0.25) is 10.0 Å². The van der Waals surface area contributed by atoms with E-state index in [1.54, 1.807) is 24.3 Å². The van der Waals surface area contributed by atoms with Gasteiger partial charge < -0.3 is 10.4 Å². The highest BCUT2D eigenvalue weighted by Gasteiger charge is 2.07. The molecular formula is C16H13Cl2N3O3. The number of benzene rings is 2. The van der Waals surface area contributed by atoms with Gasteiger partial charge in [0.15, 0.2) is 0 Å². The normalized spacial score (nSPS) is 10.6. The van der Waals surface area contributed by atoms with Crippen LogP contribution in [0.5, 0.6) is 5.75 Å². The van der Waals surface area contributed by atoms with E-state index in [0.717, 1.165) is 0 Å². The summed E-state index contributed by atoms with van der Waals surface area (Å²) in [6.07, 6.45) is 1.25. The molecule has 0 bridgehead atoms. The smallest absolute Gasteiger partial charge is 0.259 e. The minimum Gasteiger partial charge on any atom is -0.507 e. The van der Waals surface area contributed by atoms with Crippen molar-refractivity contribution < 1.29 is 14.7 Å². The van der Waals surface area contributed by atoms with E-state index in [1.165, 1.54) is 24.4 Å². The van der Waals surface area contributed by atoms with Gasteiger partial charge in [-0.05, 0) is 42.5 Å². The second-order valence-corrected chi connectivity index (χ2v) is 5.56. The largest absolute Gasteiger partial charge is 0.507 e. The van der Waals surface area contributed by atoms with Crippen LogP contribution in [-0.2, 0) is 4.79 Å². The molecule has 0 unspecified atom stereocenters. The van der Waals surface area contributed by atoms with E-state index >= 15 is 0 Å². The van der Waals surface area contributed by atoms with Crippen molar-refractivity contribution >= 4 is 41.2 Å². The number of halogens is 2. The third-order valence-corrected chi connectivity index (χ3v) is 3.39. The average molecular weight is 366 g/mol. The number of hydrogen-bond acceptors (Lipinski definition) is 4. The van der Waals surface area contributed by atoms with Crippen LogP contribution in [-0.4, -0.2) is 29.7 Å². The lowest BCUT2D eigenvalue weighted by atomic mass is 10.2. The first-order chi connectivity index (χ1) is 11.5. The molecule has 0 saturated carbocycles. The van der Waals surface area contributed by atoms with Gasteiger partial charge in [0.05, 0.1) is 12.8 Å². The minimum atomic E-state index is -0.518. The summed E-state index contributed by atoms with van der Waals surface area (Å²) < 4.78 is 0. The Kier molecular flexibility index (Phi) is 6.17. The summed E-state index contributed by atoms with van der Waals surface area (Å²) in [6.45, 7) is -0.250. The van der Waals surface area contributed by atoms with E-state index in [2.05, 4.69) is 15.8 Å². The van der Waals surface area contributed by atoms with Gasteiger partial charge >= 0.3 is 0 Å². The summed E-state index contributed by atoms with van der Waals surface area (Å²) in [5.74, 6) is -0.943. The molecule has 3 N–H and O–H groups in total. The number of phenolic OH excluding ortho intramolecular Hbond substituents is 1. The molecule has 2 aromatic rings. The van der Waals surface area contributed by atoms with Gasteiger partial charge in [0.2, 0.25) is 0 Å². The Balaban J connectivity index is 1.83. The number of carbonyl (C=O) groups is 2. The summed E-state index contributed by atoms with van der Waals surface area (Å²) in [5, 5.41) is 16.7. The number of hydrazone groups is 1. The average Bonchev–Trinajstić information content (AvgIpc) is 2.56. The summed E-state index contributed by atoms with van der Waals surface area (Å²) in [4.78, 5) is 23.4. The molecule has 2 rings (SSSR count). The number of phenols is 1. The van der Waals surface area contributed by atoms with Crippen molar-refractivity contribution in [1.82, 2.24) is 10.7 Å².